The van der Waals surface area contributed by atoms with Gasteiger partial charge in [-0.15, -0.1) is 0 Å². The van der Waals surface area contributed by atoms with Gasteiger partial charge in [0.1, 0.15) is 0 Å². The van der Waals surface area contributed by atoms with Crippen LogP contribution in [0.25, 0.3) is 0 Å². The number of hydrogen-bond donors (Lipinski definition) is 1. The van der Waals surface area contributed by atoms with E-state index in [-0.39, 0.29) is 6.04 Å². The molecule has 0 amide bonds. The molecular weight excluding hydrogens is 377 g/mol. The molecule has 0 bridgehead atoms. The molecule has 136 valence electrons. The molecule has 3 aromatic rings. The molecular formula is C22H19Cl2N3. The van der Waals surface area contributed by atoms with E-state index in [4.69, 9.17) is 28.2 Å². The highest BCUT2D eigenvalue weighted by molar-refractivity contribution is 6.42. The maximum atomic E-state index is 6.13. The van der Waals surface area contributed by atoms with Crippen LogP contribution in [0.2, 0.25) is 10.0 Å². The number of hydrogen-bond acceptors (Lipinski definition) is 1. The van der Waals surface area contributed by atoms with Gasteiger partial charge in [-0.1, -0.05) is 77.8 Å². The molecule has 0 aliphatic carbocycles. The second-order valence-electron chi connectivity index (χ2n) is 6.44. The summed E-state index contributed by atoms with van der Waals surface area (Å²) >= 11 is 12.1. The van der Waals surface area contributed by atoms with E-state index in [1.54, 1.807) is 0 Å². The fourth-order valence-electron chi connectivity index (χ4n) is 3.19. The molecule has 3 nitrogen and oxygen atoms in total. The largest absolute Gasteiger partial charge is 0.347 e. The summed E-state index contributed by atoms with van der Waals surface area (Å²) in [6.07, 6.45) is 0. The summed E-state index contributed by atoms with van der Waals surface area (Å²) in [5, 5.41) is 4.68. The van der Waals surface area contributed by atoms with Crippen molar-refractivity contribution in [2.45, 2.75) is 12.6 Å². The zero-order valence-corrected chi connectivity index (χ0v) is 16.2. The summed E-state index contributed by atoms with van der Waals surface area (Å²) in [6.45, 7) is 1.36. The second-order valence-corrected chi connectivity index (χ2v) is 7.26. The Kier molecular flexibility index (Phi) is 5.33. The molecule has 0 radical (unpaired) electrons. The third-order valence-corrected chi connectivity index (χ3v) is 5.33. The Labute approximate surface area is 169 Å². The topological polar surface area (TPSA) is 27.6 Å². The minimum Gasteiger partial charge on any atom is -0.347 e. The molecule has 27 heavy (non-hydrogen) atoms. The zero-order chi connectivity index (χ0) is 18.6. The summed E-state index contributed by atoms with van der Waals surface area (Å²) in [7, 11) is 0. The molecule has 1 N–H and O–H groups in total. The van der Waals surface area contributed by atoms with E-state index in [0.717, 1.165) is 23.8 Å². The van der Waals surface area contributed by atoms with Gasteiger partial charge in [0, 0.05) is 5.69 Å². The number of aliphatic imine (C=N–C) groups is 1. The maximum absolute atomic E-state index is 6.13. The number of halogens is 2. The van der Waals surface area contributed by atoms with E-state index >= 15 is 0 Å². The summed E-state index contributed by atoms with van der Waals surface area (Å²) in [6, 6.07) is 26.6. The molecule has 1 heterocycles. The lowest BCUT2D eigenvalue weighted by Gasteiger charge is -2.17. The van der Waals surface area contributed by atoms with Crippen LogP contribution in [0, 0.1) is 0 Å². The molecule has 4 rings (SSSR count). The monoisotopic (exact) mass is 395 g/mol. The van der Waals surface area contributed by atoms with Crippen LogP contribution < -0.4 is 10.2 Å². The van der Waals surface area contributed by atoms with Crippen LogP contribution in [0.15, 0.2) is 83.9 Å². The Morgan fingerprint density at radius 3 is 2.30 bits per heavy atom. The average molecular weight is 396 g/mol. The van der Waals surface area contributed by atoms with Crippen molar-refractivity contribution >= 4 is 34.8 Å². The fourth-order valence-corrected chi connectivity index (χ4v) is 3.51. The van der Waals surface area contributed by atoms with E-state index in [1.165, 1.54) is 5.56 Å². The minimum absolute atomic E-state index is 0.193. The Morgan fingerprint density at radius 2 is 1.59 bits per heavy atom. The van der Waals surface area contributed by atoms with Gasteiger partial charge in [-0.2, -0.15) is 0 Å². The van der Waals surface area contributed by atoms with Crippen molar-refractivity contribution in [3.63, 3.8) is 0 Å². The Balaban J connectivity index is 1.61. The van der Waals surface area contributed by atoms with Crippen molar-refractivity contribution in [1.29, 1.82) is 0 Å². The highest BCUT2D eigenvalue weighted by atomic mass is 35.5. The van der Waals surface area contributed by atoms with Crippen LogP contribution in [0.1, 0.15) is 17.2 Å². The summed E-state index contributed by atoms with van der Waals surface area (Å²) < 4.78 is 0. The van der Waals surface area contributed by atoms with Gasteiger partial charge in [-0.3, -0.25) is 0 Å². The predicted octanol–water partition coefficient (Wildman–Crippen LogP) is 5.70. The molecule has 1 aliphatic heterocycles. The molecule has 0 spiro atoms. The molecule has 1 fully saturated rings. The van der Waals surface area contributed by atoms with Crippen LogP contribution >= 0.6 is 23.2 Å². The van der Waals surface area contributed by atoms with E-state index in [1.807, 2.05) is 42.5 Å². The molecule has 1 atom stereocenters. The third kappa shape index (κ3) is 4.10. The SMILES string of the molecule is Clc1ccc(CN=C2NC(c3ccccc3)CN2c2ccccc2)cc1Cl. The molecule has 1 unspecified atom stereocenters. The van der Waals surface area contributed by atoms with Crippen LogP contribution in [-0.2, 0) is 6.54 Å². The highest BCUT2D eigenvalue weighted by Crippen LogP contribution is 2.26. The number of guanidine groups is 1. The average Bonchev–Trinajstić information content (AvgIpc) is 3.14. The van der Waals surface area contributed by atoms with Gasteiger partial charge in [-0.05, 0) is 35.4 Å². The fraction of sp³-hybridized carbons (Fsp3) is 0.136. The van der Waals surface area contributed by atoms with E-state index in [0.29, 0.717) is 16.6 Å². The van der Waals surface area contributed by atoms with Crippen LogP contribution in [0.3, 0.4) is 0 Å². The Hall–Kier alpha value is -2.49. The van der Waals surface area contributed by atoms with Gasteiger partial charge in [-0.25, -0.2) is 4.99 Å². The van der Waals surface area contributed by atoms with Crippen molar-refractivity contribution in [1.82, 2.24) is 5.32 Å². The van der Waals surface area contributed by atoms with Gasteiger partial charge in [0.2, 0.25) is 0 Å². The van der Waals surface area contributed by atoms with Crippen molar-refractivity contribution in [3.05, 3.63) is 100 Å². The van der Waals surface area contributed by atoms with Crippen molar-refractivity contribution < 1.29 is 0 Å². The number of nitrogens with zero attached hydrogens (tertiary/aromatic N) is 2. The summed E-state index contributed by atoms with van der Waals surface area (Å²) in [5.74, 6) is 0.862. The normalized spacial score (nSPS) is 17.9. The Bertz CT molecular complexity index is 942. The van der Waals surface area contributed by atoms with Gasteiger partial charge in [0.25, 0.3) is 0 Å². The number of nitrogens with one attached hydrogen (secondary N) is 1. The maximum Gasteiger partial charge on any atom is 0.199 e. The first-order chi connectivity index (χ1) is 13.2. The van der Waals surface area contributed by atoms with Crippen molar-refractivity contribution in [2.24, 2.45) is 4.99 Å². The van der Waals surface area contributed by atoms with E-state index in [2.05, 4.69) is 46.6 Å². The van der Waals surface area contributed by atoms with Crippen LogP contribution in [0.5, 0.6) is 0 Å². The highest BCUT2D eigenvalue weighted by Gasteiger charge is 2.29. The smallest absolute Gasteiger partial charge is 0.199 e. The first kappa shape index (κ1) is 17.9. The minimum atomic E-state index is 0.193. The number of para-hydroxylation sites is 1. The van der Waals surface area contributed by atoms with Crippen LogP contribution in [-0.4, -0.2) is 12.5 Å². The summed E-state index contributed by atoms with van der Waals surface area (Å²) in [4.78, 5) is 7.04. The predicted molar refractivity (Wildman–Crippen MR) is 114 cm³/mol. The van der Waals surface area contributed by atoms with E-state index < -0.39 is 0 Å². The number of benzene rings is 3. The lowest BCUT2D eigenvalue weighted by molar-refractivity contribution is 0.720. The summed E-state index contributed by atoms with van der Waals surface area (Å²) in [5.41, 5.74) is 3.39. The first-order valence-corrected chi connectivity index (χ1v) is 9.59. The van der Waals surface area contributed by atoms with Crippen molar-refractivity contribution in [2.75, 3.05) is 11.4 Å². The van der Waals surface area contributed by atoms with Crippen LogP contribution in [0.4, 0.5) is 5.69 Å². The first-order valence-electron chi connectivity index (χ1n) is 8.83. The molecule has 5 heteroatoms. The van der Waals surface area contributed by atoms with Crippen molar-refractivity contribution in [3.8, 4) is 0 Å². The standard InChI is InChI=1S/C22H19Cl2N3/c23-19-12-11-16(13-20(19)24)14-25-22-26-21(17-7-3-1-4-8-17)15-27(22)18-9-5-2-6-10-18/h1-13,21H,14-15H2,(H,25,26). The molecule has 1 aliphatic rings. The molecule has 0 aromatic heterocycles. The number of rotatable bonds is 4. The zero-order valence-electron chi connectivity index (χ0n) is 14.6. The lowest BCUT2D eigenvalue weighted by atomic mass is 10.1. The molecule has 1 saturated heterocycles. The van der Waals surface area contributed by atoms with Gasteiger partial charge < -0.3 is 10.2 Å². The lowest BCUT2D eigenvalue weighted by Crippen LogP contribution is -2.30. The van der Waals surface area contributed by atoms with E-state index in [9.17, 15) is 0 Å². The quantitative estimate of drug-likeness (QED) is 0.613. The molecule has 0 saturated carbocycles. The molecule has 3 aromatic carbocycles. The second kappa shape index (κ2) is 8.03. The third-order valence-electron chi connectivity index (χ3n) is 4.59. The van der Waals surface area contributed by atoms with Gasteiger partial charge >= 0.3 is 0 Å². The number of anilines is 1. The Morgan fingerprint density at radius 1 is 0.889 bits per heavy atom. The van der Waals surface area contributed by atoms with Gasteiger partial charge in [0.15, 0.2) is 5.96 Å². The van der Waals surface area contributed by atoms with Gasteiger partial charge in [0.05, 0.1) is 29.2 Å².